The van der Waals surface area contributed by atoms with Gasteiger partial charge in [0, 0.05) is 5.69 Å². The molecule has 1 aromatic heterocycles. The quantitative estimate of drug-likeness (QED) is 0.830. The molecule has 0 aliphatic rings. The highest BCUT2D eigenvalue weighted by molar-refractivity contribution is 6.33. The number of carbonyl (C=O) groups is 1. The van der Waals surface area contributed by atoms with Gasteiger partial charge in [0.1, 0.15) is 11.0 Å². The molecule has 0 aliphatic heterocycles. The van der Waals surface area contributed by atoms with E-state index >= 15 is 0 Å². The van der Waals surface area contributed by atoms with E-state index in [1.54, 1.807) is 6.92 Å². The van der Waals surface area contributed by atoms with Crippen LogP contribution < -0.4 is 11.1 Å². The number of nitrogens with one attached hydrogen (secondary N) is 1. The van der Waals surface area contributed by atoms with Crippen molar-refractivity contribution < 1.29 is 9.18 Å². The zero-order valence-electron chi connectivity index (χ0n) is 10.1. The first-order valence-corrected chi connectivity index (χ1v) is 5.83. The number of carbonyl (C=O) groups excluding carboxylic acids is 1. The van der Waals surface area contributed by atoms with E-state index in [-0.39, 0.29) is 16.5 Å². The van der Waals surface area contributed by atoms with Crippen molar-refractivity contribution in [1.29, 1.82) is 0 Å². The second kappa shape index (κ2) is 5.24. The van der Waals surface area contributed by atoms with Gasteiger partial charge < -0.3 is 11.1 Å². The molecule has 1 aromatic carbocycles. The van der Waals surface area contributed by atoms with E-state index in [1.807, 2.05) is 0 Å². The summed E-state index contributed by atoms with van der Waals surface area (Å²) in [6.45, 7) is 1.61. The summed E-state index contributed by atoms with van der Waals surface area (Å²) >= 11 is 5.83. The van der Waals surface area contributed by atoms with Crippen LogP contribution >= 0.6 is 11.6 Å². The zero-order valence-corrected chi connectivity index (χ0v) is 10.8. The SMILES string of the molecule is Cc1cc(NC(=O)c2cc(N)cnc2Cl)ccc1F. The lowest BCUT2D eigenvalue weighted by molar-refractivity contribution is 0.102. The van der Waals surface area contributed by atoms with E-state index in [2.05, 4.69) is 10.3 Å². The predicted octanol–water partition coefficient (Wildman–Crippen LogP) is 3.02. The summed E-state index contributed by atoms with van der Waals surface area (Å²) in [5.41, 5.74) is 6.97. The second-order valence-electron chi connectivity index (χ2n) is 4.03. The van der Waals surface area contributed by atoms with Gasteiger partial charge in [0.25, 0.3) is 5.91 Å². The minimum absolute atomic E-state index is 0.0607. The maximum atomic E-state index is 13.1. The maximum absolute atomic E-state index is 13.1. The lowest BCUT2D eigenvalue weighted by atomic mass is 10.2. The van der Waals surface area contributed by atoms with Crippen molar-refractivity contribution in [3.8, 4) is 0 Å². The first-order valence-electron chi connectivity index (χ1n) is 5.46. The van der Waals surface area contributed by atoms with Crippen molar-refractivity contribution in [3.05, 3.63) is 52.6 Å². The molecule has 1 heterocycles. The molecule has 4 nitrogen and oxygen atoms in total. The van der Waals surface area contributed by atoms with Crippen LogP contribution in [-0.2, 0) is 0 Å². The largest absolute Gasteiger partial charge is 0.397 e. The van der Waals surface area contributed by atoms with Crippen LogP contribution in [0, 0.1) is 12.7 Å². The molecule has 0 aliphatic carbocycles. The molecule has 98 valence electrons. The fourth-order valence-corrected chi connectivity index (χ4v) is 1.73. The second-order valence-corrected chi connectivity index (χ2v) is 4.38. The van der Waals surface area contributed by atoms with Gasteiger partial charge in [0.15, 0.2) is 0 Å². The van der Waals surface area contributed by atoms with Gasteiger partial charge in [0.2, 0.25) is 0 Å². The molecule has 0 saturated carbocycles. The van der Waals surface area contributed by atoms with Gasteiger partial charge in [-0.15, -0.1) is 0 Å². The number of rotatable bonds is 2. The topological polar surface area (TPSA) is 68.0 Å². The molecule has 0 radical (unpaired) electrons. The Bertz CT molecular complexity index is 646. The smallest absolute Gasteiger partial charge is 0.258 e. The van der Waals surface area contributed by atoms with Gasteiger partial charge in [-0.1, -0.05) is 11.6 Å². The monoisotopic (exact) mass is 279 g/mol. The molecule has 19 heavy (non-hydrogen) atoms. The molecule has 6 heteroatoms. The van der Waals surface area contributed by atoms with Crippen molar-refractivity contribution in [2.24, 2.45) is 0 Å². The number of anilines is 2. The Hall–Kier alpha value is -2.14. The number of benzene rings is 1. The van der Waals surface area contributed by atoms with Crippen LogP contribution in [0.1, 0.15) is 15.9 Å². The highest BCUT2D eigenvalue weighted by atomic mass is 35.5. The van der Waals surface area contributed by atoms with Gasteiger partial charge >= 0.3 is 0 Å². The minimum atomic E-state index is -0.448. The molecule has 3 N–H and O–H groups in total. The van der Waals surface area contributed by atoms with Crippen LogP contribution in [-0.4, -0.2) is 10.9 Å². The molecule has 1 amide bonds. The first kappa shape index (κ1) is 13.3. The van der Waals surface area contributed by atoms with E-state index < -0.39 is 5.91 Å². The molecular weight excluding hydrogens is 269 g/mol. The molecule has 0 atom stereocenters. The van der Waals surface area contributed by atoms with Crippen LogP contribution in [0.5, 0.6) is 0 Å². The Morgan fingerprint density at radius 2 is 2.16 bits per heavy atom. The fourth-order valence-electron chi connectivity index (χ4n) is 1.54. The van der Waals surface area contributed by atoms with Crippen LogP contribution in [0.15, 0.2) is 30.5 Å². The summed E-state index contributed by atoms with van der Waals surface area (Å²) in [7, 11) is 0. The average molecular weight is 280 g/mol. The molecule has 2 rings (SSSR count). The Morgan fingerprint density at radius 3 is 2.84 bits per heavy atom. The number of halogens is 2. The van der Waals surface area contributed by atoms with E-state index in [0.717, 1.165) is 0 Å². The Labute approximate surface area is 114 Å². The third-order valence-electron chi connectivity index (χ3n) is 2.52. The number of hydrogen-bond donors (Lipinski definition) is 2. The number of aromatic nitrogens is 1. The fraction of sp³-hybridized carbons (Fsp3) is 0.0769. The van der Waals surface area contributed by atoms with E-state index in [1.165, 1.54) is 30.5 Å². The zero-order chi connectivity index (χ0) is 14.0. The van der Waals surface area contributed by atoms with Gasteiger partial charge in [-0.2, -0.15) is 0 Å². The van der Waals surface area contributed by atoms with Gasteiger partial charge in [0.05, 0.1) is 17.4 Å². The number of nitrogens with zero attached hydrogens (tertiary/aromatic N) is 1. The van der Waals surface area contributed by atoms with E-state index in [4.69, 9.17) is 17.3 Å². The van der Waals surface area contributed by atoms with Gasteiger partial charge in [-0.05, 0) is 36.8 Å². The molecule has 2 aromatic rings. The van der Waals surface area contributed by atoms with E-state index in [0.29, 0.717) is 16.9 Å². The summed E-state index contributed by atoms with van der Waals surface area (Å²) < 4.78 is 13.1. The Balaban J connectivity index is 2.25. The summed E-state index contributed by atoms with van der Waals surface area (Å²) in [6.07, 6.45) is 1.36. The third-order valence-corrected chi connectivity index (χ3v) is 2.82. The number of aryl methyl sites for hydroxylation is 1. The predicted molar refractivity (Wildman–Crippen MR) is 72.7 cm³/mol. The average Bonchev–Trinajstić information content (AvgIpc) is 2.36. The van der Waals surface area contributed by atoms with Crippen LogP contribution in [0.4, 0.5) is 15.8 Å². The Morgan fingerprint density at radius 1 is 1.42 bits per heavy atom. The highest BCUT2D eigenvalue weighted by Gasteiger charge is 2.12. The molecule has 0 unspecified atom stereocenters. The molecule has 0 spiro atoms. The lowest BCUT2D eigenvalue weighted by Crippen LogP contribution is -2.13. The molecule has 0 bridgehead atoms. The van der Waals surface area contributed by atoms with Gasteiger partial charge in [-0.3, -0.25) is 4.79 Å². The molecule has 0 saturated heterocycles. The van der Waals surface area contributed by atoms with Crippen molar-refractivity contribution in [1.82, 2.24) is 4.98 Å². The number of pyridine rings is 1. The first-order chi connectivity index (χ1) is 8.97. The molecule has 0 fully saturated rings. The minimum Gasteiger partial charge on any atom is -0.397 e. The summed E-state index contributed by atoms with van der Waals surface area (Å²) in [5, 5.41) is 2.67. The number of amides is 1. The van der Waals surface area contributed by atoms with Crippen molar-refractivity contribution in [3.63, 3.8) is 0 Å². The number of nitrogens with two attached hydrogens (primary N) is 1. The summed E-state index contributed by atoms with van der Waals surface area (Å²) in [4.78, 5) is 15.8. The van der Waals surface area contributed by atoms with Crippen molar-refractivity contribution >= 4 is 28.9 Å². The normalized spacial score (nSPS) is 10.3. The Kier molecular flexibility index (Phi) is 3.66. The standard InChI is InChI=1S/C13H11ClFN3O/c1-7-4-9(2-3-11(7)15)18-13(19)10-5-8(16)6-17-12(10)14/h2-6H,16H2,1H3,(H,18,19). The third kappa shape index (κ3) is 3.00. The highest BCUT2D eigenvalue weighted by Crippen LogP contribution is 2.19. The number of nitrogen functional groups attached to an aromatic ring is 1. The lowest BCUT2D eigenvalue weighted by Gasteiger charge is -2.08. The summed E-state index contributed by atoms with van der Waals surface area (Å²) in [5.74, 6) is -0.780. The van der Waals surface area contributed by atoms with Crippen molar-refractivity contribution in [2.45, 2.75) is 6.92 Å². The van der Waals surface area contributed by atoms with Crippen molar-refractivity contribution in [2.75, 3.05) is 11.1 Å². The van der Waals surface area contributed by atoms with Crippen LogP contribution in [0.2, 0.25) is 5.15 Å². The molecular formula is C13H11ClFN3O. The number of hydrogen-bond acceptors (Lipinski definition) is 3. The van der Waals surface area contributed by atoms with Gasteiger partial charge in [-0.25, -0.2) is 9.37 Å². The van der Waals surface area contributed by atoms with Crippen LogP contribution in [0.25, 0.3) is 0 Å². The van der Waals surface area contributed by atoms with E-state index in [9.17, 15) is 9.18 Å². The maximum Gasteiger partial charge on any atom is 0.258 e. The summed E-state index contributed by atoms with van der Waals surface area (Å²) in [6, 6.07) is 5.71. The van der Waals surface area contributed by atoms with Crippen LogP contribution in [0.3, 0.4) is 0 Å².